The number of carbonyl (C=O) groups is 1. The fraction of sp³-hybridized carbons (Fsp3) is 0.857. The second-order valence-electron chi connectivity index (χ2n) is 3.38. The summed E-state index contributed by atoms with van der Waals surface area (Å²) < 4.78 is 5.22. The summed E-state index contributed by atoms with van der Waals surface area (Å²) in [5.41, 5.74) is 2.03. The first-order valence-electron chi connectivity index (χ1n) is 4.15. The zero-order valence-corrected chi connectivity index (χ0v) is 6.75. The Balaban J connectivity index is 1.67. The Morgan fingerprint density at radius 3 is 2.75 bits per heavy atom. The molecule has 2 unspecified atom stereocenters. The van der Waals surface area contributed by atoms with Crippen LogP contribution in [0.3, 0.4) is 0 Å². The highest BCUT2D eigenvalue weighted by molar-refractivity contribution is 5.73. The molecular weight excluding hydrogens is 158 g/mol. The van der Waals surface area contributed by atoms with E-state index in [1.807, 2.05) is 5.43 Å². The summed E-state index contributed by atoms with van der Waals surface area (Å²) in [5, 5.41) is 2.69. The molecule has 2 amide bonds. The molecule has 0 radical (unpaired) electrons. The number of carbonyl (C=O) groups excluding carboxylic acids is 1. The van der Waals surface area contributed by atoms with Crippen LogP contribution in [0, 0.1) is 17.8 Å². The van der Waals surface area contributed by atoms with E-state index in [9.17, 15) is 4.79 Å². The molecule has 0 spiro atoms. The van der Waals surface area contributed by atoms with Crippen molar-refractivity contribution in [3.8, 4) is 0 Å². The number of rotatable bonds is 2. The molecule has 0 bridgehead atoms. The van der Waals surface area contributed by atoms with Crippen LogP contribution in [0.5, 0.6) is 0 Å². The molecule has 2 atom stereocenters. The van der Waals surface area contributed by atoms with Crippen molar-refractivity contribution in [2.24, 2.45) is 23.6 Å². The van der Waals surface area contributed by atoms with Crippen molar-refractivity contribution in [2.75, 3.05) is 19.8 Å². The van der Waals surface area contributed by atoms with Crippen molar-refractivity contribution in [3.63, 3.8) is 0 Å². The maximum atomic E-state index is 10.7. The van der Waals surface area contributed by atoms with Gasteiger partial charge in [-0.2, -0.15) is 0 Å². The SMILES string of the molecule is NNC(=O)NCC1C2COCC12. The van der Waals surface area contributed by atoms with Gasteiger partial charge in [-0.1, -0.05) is 0 Å². The van der Waals surface area contributed by atoms with Crippen LogP contribution in [0.1, 0.15) is 0 Å². The predicted octanol–water partition coefficient (Wildman–Crippen LogP) is -0.948. The molecule has 68 valence electrons. The highest BCUT2D eigenvalue weighted by Crippen LogP contribution is 2.50. The molecule has 1 saturated heterocycles. The lowest BCUT2D eigenvalue weighted by Crippen LogP contribution is -2.41. The first-order valence-corrected chi connectivity index (χ1v) is 4.15. The molecule has 1 aliphatic heterocycles. The summed E-state index contributed by atoms with van der Waals surface area (Å²) >= 11 is 0. The molecule has 1 saturated carbocycles. The quantitative estimate of drug-likeness (QED) is 0.285. The monoisotopic (exact) mass is 171 g/mol. The number of nitrogens with two attached hydrogens (primary N) is 1. The Bertz CT molecular complexity index is 187. The largest absolute Gasteiger partial charge is 0.381 e. The van der Waals surface area contributed by atoms with Crippen LogP contribution >= 0.6 is 0 Å². The Labute approximate surface area is 70.6 Å². The van der Waals surface area contributed by atoms with E-state index < -0.39 is 0 Å². The topological polar surface area (TPSA) is 76.4 Å². The van der Waals surface area contributed by atoms with Gasteiger partial charge in [-0.25, -0.2) is 10.6 Å². The summed E-state index contributed by atoms with van der Waals surface area (Å²) in [6, 6.07) is -0.305. The molecule has 5 heteroatoms. The van der Waals surface area contributed by atoms with Gasteiger partial charge in [-0.3, -0.25) is 5.43 Å². The van der Waals surface area contributed by atoms with Crippen molar-refractivity contribution < 1.29 is 9.53 Å². The third-order valence-corrected chi connectivity index (χ3v) is 2.76. The van der Waals surface area contributed by atoms with Crippen molar-refractivity contribution in [1.29, 1.82) is 0 Å². The van der Waals surface area contributed by atoms with Gasteiger partial charge in [0.1, 0.15) is 0 Å². The molecule has 2 fully saturated rings. The van der Waals surface area contributed by atoms with E-state index in [-0.39, 0.29) is 6.03 Å². The first kappa shape index (κ1) is 7.82. The number of fused-ring (bicyclic) bond motifs is 1. The van der Waals surface area contributed by atoms with Gasteiger partial charge < -0.3 is 10.1 Å². The highest BCUT2D eigenvalue weighted by atomic mass is 16.5. The summed E-state index contributed by atoms with van der Waals surface area (Å²) in [5.74, 6) is 6.90. The Hall–Kier alpha value is -0.810. The van der Waals surface area contributed by atoms with E-state index in [0.29, 0.717) is 17.8 Å². The average Bonchev–Trinajstić information content (AvgIpc) is 2.55. The lowest BCUT2D eigenvalue weighted by Gasteiger charge is -2.05. The minimum absolute atomic E-state index is 0.305. The van der Waals surface area contributed by atoms with Gasteiger partial charge in [0.15, 0.2) is 0 Å². The van der Waals surface area contributed by atoms with Gasteiger partial charge in [0.2, 0.25) is 0 Å². The number of ether oxygens (including phenoxy) is 1. The van der Waals surface area contributed by atoms with Crippen LogP contribution in [0.15, 0.2) is 0 Å². The molecule has 4 N–H and O–H groups in total. The minimum Gasteiger partial charge on any atom is -0.381 e. The molecule has 0 aromatic carbocycles. The first-order chi connectivity index (χ1) is 5.83. The van der Waals surface area contributed by atoms with E-state index in [4.69, 9.17) is 10.6 Å². The van der Waals surface area contributed by atoms with E-state index in [2.05, 4.69) is 5.32 Å². The lowest BCUT2D eigenvalue weighted by atomic mass is 10.3. The molecule has 1 aliphatic carbocycles. The minimum atomic E-state index is -0.305. The fourth-order valence-corrected chi connectivity index (χ4v) is 1.92. The zero-order chi connectivity index (χ0) is 8.55. The second kappa shape index (κ2) is 2.91. The third-order valence-electron chi connectivity index (χ3n) is 2.76. The van der Waals surface area contributed by atoms with Crippen molar-refractivity contribution >= 4 is 6.03 Å². The van der Waals surface area contributed by atoms with Crippen LogP contribution < -0.4 is 16.6 Å². The molecular formula is C7H13N3O2. The Morgan fingerprint density at radius 1 is 1.50 bits per heavy atom. The van der Waals surface area contributed by atoms with E-state index >= 15 is 0 Å². The van der Waals surface area contributed by atoms with Crippen molar-refractivity contribution in [1.82, 2.24) is 10.7 Å². The molecule has 12 heavy (non-hydrogen) atoms. The van der Waals surface area contributed by atoms with Crippen LogP contribution in [0.4, 0.5) is 4.79 Å². The lowest BCUT2D eigenvalue weighted by molar-refractivity contribution is 0.151. The van der Waals surface area contributed by atoms with E-state index in [1.54, 1.807) is 0 Å². The van der Waals surface area contributed by atoms with Crippen LogP contribution in [-0.2, 0) is 4.74 Å². The van der Waals surface area contributed by atoms with Crippen LogP contribution in [0.2, 0.25) is 0 Å². The summed E-state index contributed by atoms with van der Waals surface area (Å²) in [4.78, 5) is 10.7. The van der Waals surface area contributed by atoms with Crippen LogP contribution in [0.25, 0.3) is 0 Å². The van der Waals surface area contributed by atoms with Gasteiger partial charge in [0.05, 0.1) is 13.2 Å². The number of urea groups is 1. The van der Waals surface area contributed by atoms with Crippen molar-refractivity contribution in [2.45, 2.75) is 0 Å². The smallest absolute Gasteiger partial charge is 0.328 e. The molecule has 2 aliphatic rings. The van der Waals surface area contributed by atoms with Gasteiger partial charge in [0, 0.05) is 6.54 Å². The zero-order valence-electron chi connectivity index (χ0n) is 6.75. The Kier molecular flexibility index (Phi) is 1.90. The maximum absolute atomic E-state index is 10.7. The summed E-state index contributed by atoms with van der Waals surface area (Å²) in [7, 11) is 0. The number of hydrogen-bond donors (Lipinski definition) is 3. The van der Waals surface area contributed by atoms with Gasteiger partial charge in [0.25, 0.3) is 0 Å². The molecule has 5 nitrogen and oxygen atoms in total. The summed E-state index contributed by atoms with van der Waals surface area (Å²) in [6.45, 7) is 2.45. The number of hydrazine groups is 1. The predicted molar refractivity (Wildman–Crippen MR) is 42.0 cm³/mol. The number of amides is 2. The van der Waals surface area contributed by atoms with Gasteiger partial charge >= 0.3 is 6.03 Å². The number of hydrogen-bond acceptors (Lipinski definition) is 3. The standard InChI is InChI=1S/C7H13N3O2/c8-10-7(11)9-1-4-5-2-12-3-6(4)5/h4-6H,1-3,8H2,(H2,9,10,11). The number of nitrogens with one attached hydrogen (secondary N) is 2. The molecule has 2 rings (SSSR count). The van der Waals surface area contributed by atoms with E-state index in [0.717, 1.165) is 19.8 Å². The third kappa shape index (κ3) is 1.25. The van der Waals surface area contributed by atoms with Gasteiger partial charge in [-0.05, 0) is 17.8 Å². The molecule has 1 heterocycles. The van der Waals surface area contributed by atoms with Crippen molar-refractivity contribution in [3.05, 3.63) is 0 Å². The molecule has 0 aromatic heterocycles. The summed E-state index contributed by atoms with van der Waals surface area (Å²) in [6.07, 6.45) is 0. The van der Waals surface area contributed by atoms with E-state index in [1.165, 1.54) is 0 Å². The normalized spacial score (nSPS) is 37.2. The highest BCUT2D eigenvalue weighted by Gasteiger charge is 2.53. The van der Waals surface area contributed by atoms with Gasteiger partial charge in [-0.15, -0.1) is 0 Å². The van der Waals surface area contributed by atoms with Crippen LogP contribution in [-0.4, -0.2) is 25.8 Å². The average molecular weight is 171 g/mol. The second-order valence-corrected chi connectivity index (χ2v) is 3.38. The Morgan fingerprint density at radius 2 is 2.17 bits per heavy atom. The fourth-order valence-electron chi connectivity index (χ4n) is 1.92. The maximum Gasteiger partial charge on any atom is 0.328 e. The molecule has 0 aromatic rings.